The zero-order chi connectivity index (χ0) is 20.0. The van der Waals surface area contributed by atoms with Crippen molar-refractivity contribution >= 4 is 40.1 Å². The Morgan fingerprint density at radius 1 is 1.14 bits per heavy atom. The summed E-state index contributed by atoms with van der Waals surface area (Å²) >= 11 is 14.4. The summed E-state index contributed by atoms with van der Waals surface area (Å²) in [7, 11) is 0. The van der Waals surface area contributed by atoms with Gasteiger partial charge in [0.15, 0.2) is 5.17 Å². The Kier molecular flexibility index (Phi) is 5.06. The van der Waals surface area contributed by atoms with Crippen molar-refractivity contribution in [3.63, 3.8) is 0 Å². The maximum atomic E-state index is 6.42. The zero-order valence-electron chi connectivity index (χ0n) is 15.8. The molecule has 0 unspecified atom stereocenters. The molecule has 7 heteroatoms. The third-order valence-corrected chi connectivity index (χ3v) is 7.41. The molecule has 1 aromatic carbocycles. The highest BCUT2D eigenvalue weighted by atomic mass is 35.5. The smallest absolute Gasteiger partial charge is 0.161 e. The van der Waals surface area contributed by atoms with Gasteiger partial charge in [-0.25, -0.2) is 4.99 Å². The Hall–Kier alpha value is -1.95. The first-order valence-corrected chi connectivity index (χ1v) is 11.4. The number of aliphatic imine (C=N–C) groups is 1. The van der Waals surface area contributed by atoms with Crippen LogP contribution in [0.4, 0.5) is 0 Å². The van der Waals surface area contributed by atoms with Crippen LogP contribution in [0.2, 0.25) is 10.0 Å². The van der Waals surface area contributed by atoms with Gasteiger partial charge in [0, 0.05) is 23.6 Å². The zero-order valence-corrected chi connectivity index (χ0v) is 18.1. The number of thioether (sulfide) groups is 1. The van der Waals surface area contributed by atoms with E-state index in [1.54, 1.807) is 6.07 Å². The molecule has 3 aromatic rings. The number of fused-ring (bicyclic) bond motifs is 1. The summed E-state index contributed by atoms with van der Waals surface area (Å²) in [5.74, 6) is 2.63. The van der Waals surface area contributed by atoms with Crippen LogP contribution in [0.3, 0.4) is 0 Å². The van der Waals surface area contributed by atoms with Crippen molar-refractivity contribution in [2.24, 2.45) is 4.99 Å². The van der Waals surface area contributed by atoms with Gasteiger partial charge in [-0.2, -0.15) is 0 Å². The normalized spacial score (nSPS) is 23.3. The maximum absolute atomic E-state index is 6.42. The number of amidine groups is 1. The standard InChI is InChI=1S/C22H19Cl2N3OS/c1-2-13-12-29-22-26-20(16-8-3-4-11-25-16)21(27(13)22)18-10-9-17(28-18)14-6-5-7-15(23)19(14)24/h3-11,13,20-21H,2,12H2,1H3/t13-,20-,21+/m1/s1. The van der Waals surface area contributed by atoms with Crippen LogP contribution < -0.4 is 0 Å². The topological polar surface area (TPSA) is 41.6 Å². The van der Waals surface area contributed by atoms with E-state index in [4.69, 9.17) is 32.6 Å². The Morgan fingerprint density at radius 3 is 2.83 bits per heavy atom. The molecule has 4 nitrogen and oxygen atoms in total. The second kappa shape index (κ2) is 7.71. The third kappa shape index (κ3) is 3.25. The van der Waals surface area contributed by atoms with Gasteiger partial charge in [0.05, 0.1) is 15.7 Å². The molecule has 3 atom stereocenters. The summed E-state index contributed by atoms with van der Waals surface area (Å²) < 4.78 is 6.35. The van der Waals surface area contributed by atoms with Crippen molar-refractivity contribution in [3.8, 4) is 11.3 Å². The second-order valence-corrected chi connectivity index (χ2v) is 8.91. The van der Waals surface area contributed by atoms with Gasteiger partial charge in [0.1, 0.15) is 23.6 Å². The number of benzene rings is 1. The first-order chi connectivity index (χ1) is 14.2. The molecule has 148 valence electrons. The van der Waals surface area contributed by atoms with Gasteiger partial charge < -0.3 is 9.32 Å². The van der Waals surface area contributed by atoms with E-state index in [0.29, 0.717) is 21.8 Å². The average molecular weight is 444 g/mol. The molecule has 0 spiro atoms. The number of pyridine rings is 1. The Bertz CT molecular complexity index is 1070. The summed E-state index contributed by atoms with van der Waals surface area (Å²) in [6.07, 6.45) is 2.88. The van der Waals surface area contributed by atoms with Crippen molar-refractivity contribution in [2.75, 3.05) is 5.75 Å². The molecule has 0 bridgehead atoms. The summed E-state index contributed by atoms with van der Waals surface area (Å²) in [6.45, 7) is 2.22. The molecular formula is C22H19Cl2N3OS. The van der Waals surface area contributed by atoms with Gasteiger partial charge in [0.25, 0.3) is 0 Å². The van der Waals surface area contributed by atoms with Gasteiger partial charge in [0.2, 0.25) is 0 Å². The predicted molar refractivity (Wildman–Crippen MR) is 120 cm³/mol. The lowest BCUT2D eigenvalue weighted by Gasteiger charge is -2.30. The minimum absolute atomic E-state index is 0.0217. The Balaban J connectivity index is 1.57. The minimum Gasteiger partial charge on any atom is -0.459 e. The molecule has 2 aliphatic heterocycles. The molecule has 0 N–H and O–H groups in total. The third-order valence-electron chi connectivity index (χ3n) is 5.46. The highest BCUT2D eigenvalue weighted by Crippen LogP contribution is 2.49. The number of hydrogen-bond acceptors (Lipinski definition) is 5. The molecule has 2 aromatic heterocycles. The van der Waals surface area contributed by atoms with E-state index in [2.05, 4.69) is 16.8 Å². The van der Waals surface area contributed by atoms with Crippen LogP contribution in [0.1, 0.15) is 36.9 Å². The maximum Gasteiger partial charge on any atom is 0.161 e. The number of furan rings is 1. The number of hydrogen-bond donors (Lipinski definition) is 0. The molecule has 1 fully saturated rings. The van der Waals surface area contributed by atoms with Gasteiger partial charge >= 0.3 is 0 Å². The fourth-order valence-corrected chi connectivity index (χ4v) is 5.74. The van der Waals surface area contributed by atoms with Crippen molar-refractivity contribution in [1.82, 2.24) is 9.88 Å². The Morgan fingerprint density at radius 2 is 2.03 bits per heavy atom. The fourth-order valence-electron chi connectivity index (χ4n) is 4.01. The van der Waals surface area contributed by atoms with Crippen LogP contribution in [-0.4, -0.2) is 26.8 Å². The molecule has 2 aliphatic rings. The number of aromatic nitrogens is 1. The van der Waals surface area contributed by atoms with E-state index in [-0.39, 0.29) is 12.1 Å². The number of nitrogens with zero attached hydrogens (tertiary/aromatic N) is 3. The van der Waals surface area contributed by atoms with Gasteiger partial charge in [-0.15, -0.1) is 0 Å². The van der Waals surface area contributed by atoms with Gasteiger partial charge in [-0.1, -0.05) is 54.0 Å². The number of halogens is 2. The van der Waals surface area contributed by atoms with E-state index >= 15 is 0 Å². The summed E-state index contributed by atoms with van der Waals surface area (Å²) in [5, 5.41) is 2.10. The SMILES string of the molecule is CC[C@@H]1CSC2=N[C@H](c3ccccn3)[C@H](c3ccc(-c4cccc(Cl)c4Cl)o3)N21. The van der Waals surface area contributed by atoms with Crippen LogP contribution in [0.25, 0.3) is 11.3 Å². The molecule has 4 heterocycles. The van der Waals surface area contributed by atoms with E-state index in [0.717, 1.165) is 34.4 Å². The van der Waals surface area contributed by atoms with Crippen LogP contribution in [0, 0.1) is 0 Å². The summed E-state index contributed by atoms with van der Waals surface area (Å²) in [5.41, 5.74) is 1.75. The first-order valence-electron chi connectivity index (χ1n) is 9.61. The van der Waals surface area contributed by atoms with E-state index in [1.165, 1.54) is 0 Å². The quantitative estimate of drug-likeness (QED) is 0.453. The van der Waals surface area contributed by atoms with Crippen LogP contribution >= 0.6 is 35.0 Å². The largest absolute Gasteiger partial charge is 0.459 e. The molecule has 0 aliphatic carbocycles. The molecule has 0 saturated carbocycles. The lowest BCUT2D eigenvalue weighted by Crippen LogP contribution is -2.35. The van der Waals surface area contributed by atoms with Gasteiger partial charge in [-0.05, 0) is 42.8 Å². The highest BCUT2D eigenvalue weighted by molar-refractivity contribution is 8.14. The molecule has 0 radical (unpaired) electrons. The van der Waals surface area contributed by atoms with Gasteiger partial charge in [-0.3, -0.25) is 4.98 Å². The molecule has 29 heavy (non-hydrogen) atoms. The molecule has 1 saturated heterocycles. The van der Waals surface area contributed by atoms with E-state index in [1.807, 2.05) is 60.4 Å². The predicted octanol–water partition coefficient (Wildman–Crippen LogP) is 6.63. The lowest BCUT2D eigenvalue weighted by atomic mass is 10.0. The first kappa shape index (κ1) is 19.0. The second-order valence-electron chi connectivity index (χ2n) is 7.14. The minimum atomic E-state index is -0.0955. The van der Waals surface area contributed by atoms with Crippen molar-refractivity contribution < 1.29 is 4.42 Å². The van der Waals surface area contributed by atoms with Crippen molar-refractivity contribution in [1.29, 1.82) is 0 Å². The number of rotatable bonds is 4. The monoisotopic (exact) mass is 443 g/mol. The summed E-state index contributed by atoms with van der Waals surface area (Å²) in [4.78, 5) is 12.0. The lowest BCUT2D eigenvalue weighted by molar-refractivity contribution is 0.226. The average Bonchev–Trinajstić information content (AvgIpc) is 3.45. The van der Waals surface area contributed by atoms with Crippen LogP contribution in [0.5, 0.6) is 0 Å². The fraction of sp³-hybridized carbons (Fsp3) is 0.273. The Labute approximate surface area is 183 Å². The van der Waals surface area contributed by atoms with E-state index < -0.39 is 0 Å². The molecular weight excluding hydrogens is 425 g/mol. The van der Waals surface area contributed by atoms with Crippen LogP contribution in [-0.2, 0) is 0 Å². The van der Waals surface area contributed by atoms with Crippen LogP contribution in [0.15, 0.2) is 64.1 Å². The molecule has 0 amide bonds. The molecule has 5 rings (SSSR count). The summed E-state index contributed by atoms with van der Waals surface area (Å²) in [6, 6.07) is 15.9. The van der Waals surface area contributed by atoms with Crippen molar-refractivity contribution in [2.45, 2.75) is 31.5 Å². The van der Waals surface area contributed by atoms with Crippen molar-refractivity contribution in [3.05, 3.63) is 76.2 Å². The van der Waals surface area contributed by atoms with E-state index in [9.17, 15) is 0 Å². The highest BCUT2D eigenvalue weighted by Gasteiger charge is 2.46.